The number of aromatic nitrogens is 2. The molecule has 92 valence electrons. The fourth-order valence-electron chi connectivity index (χ4n) is 1.35. The number of hydrogen-bond acceptors (Lipinski definition) is 3. The minimum atomic E-state index is -0.383. The van der Waals surface area contributed by atoms with Crippen molar-refractivity contribution in [2.24, 2.45) is 0 Å². The van der Waals surface area contributed by atoms with E-state index in [-0.39, 0.29) is 16.8 Å². The van der Waals surface area contributed by atoms with E-state index in [1.807, 2.05) is 13.0 Å². The van der Waals surface area contributed by atoms with Gasteiger partial charge >= 0.3 is 0 Å². The highest BCUT2D eigenvalue weighted by atomic mass is 35.5. The topological polar surface area (TPSA) is 54.9 Å². The Hall–Kier alpha value is -1.65. The molecule has 2 rings (SSSR count). The summed E-state index contributed by atoms with van der Waals surface area (Å²) >= 11 is 11.6. The van der Waals surface area contributed by atoms with Crippen LogP contribution in [0.5, 0.6) is 0 Å². The molecule has 0 radical (unpaired) electrons. The van der Waals surface area contributed by atoms with E-state index >= 15 is 0 Å². The van der Waals surface area contributed by atoms with Gasteiger partial charge in [0, 0.05) is 0 Å². The summed E-state index contributed by atoms with van der Waals surface area (Å²) in [4.78, 5) is 19.5. The highest BCUT2D eigenvalue weighted by Gasteiger charge is 2.10. The van der Waals surface area contributed by atoms with E-state index in [0.717, 1.165) is 5.56 Å². The van der Waals surface area contributed by atoms with E-state index < -0.39 is 0 Å². The summed E-state index contributed by atoms with van der Waals surface area (Å²) in [5, 5.41) is 3.37. The second-order valence-electron chi connectivity index (χ2n) is 3.66. The predicted octanol–water partition coefficient (Wildman–Crippen LogP) is 3.34. The molecule has 1 aromatic heterocycles. The molecule has 0 spiro atoms. The lowest BCUT2D eigenvalue weighted by Crippen LogP contribution is -2.14. The Labute approximate surface area is 114 Å². The molecule has 18 heavy (non-hydrogen) atoms. The molecule has 6 heteroatoms. The number of carbonyl (C=O) groups excluding carboxylic acids is 1. The van der Waals surface area contributed by atoms with Crippen LogP contribution < -0.4 is 5.32 Å². The number of benzene rings is 1. The van der Waals surface area contributed by atoms with E-state index in [1.165, 1.54) is 12.4 Å². The van der Waals surface area contributed by atoms with Crippen LogP contribution in [0.2, 0.25) is 10.2 Å². The van der Waals surface area contributed by atoms with Crippen LogP contribution in [0.3, 0.4) is 0 Å². The lowest BCUT2D eigenvalue weighted by atomic mass is 10.2. The zero-order valence-corrected chi connectivity index (χ0v) is 11.0. The number of hydrogen-bond donors (Lipinski definition) is 1. The third-order valence-corrected chi connectivity index (χ3v) is 2.75. The van der Waals surface area contributed by atoms with Crippen LogP contribution in [0.1, 0.15) is 16.1 Å². The van der Waals surface area contributed by atoms with Crippen LogP contribution in [-0.2, 0) is 0 Å². The summed E-state index contributed by atoms with van der Waals surface area (Å²) in [6, 6.07) is 5.36. The summed E-state index contributed by atoms with van der Waals surface area (Å²) in [7, 11) is 0. The van der Waals surface area contributed by atoms with Gasteiger partial charge in [0.05, 0.1) is 23.1 Å². The van der Waals surface area contributed by atoms with Crippen molar-refractivity contribution in [2.45, 2.75) is 6.92 Å². The number of carbonyl (C=O) groups is 1. The molecule has 0 atom stereocenters. The summed E-state index contributed by atoms with van der Waals surface area (Å²) in [6.07, 6.45) is 2.62. The molecule has 1 amide bonds. The van der Waals surface area contributed by atoms with Gasteiger partial charge in [0.15, 0.2) is 0 Å². The molecule has 0 unspecified atom stereocenters. The first-order chi connectivity index (χ1) is 8.56. The van der Waals surface area contributed by atoms with Crippen molar-refractivity contribution in [3.63, 3.8) is 0 Å². The number of nitrogens with zero attached hydrogens (tertiary/aromatic N) is 2. The van der Waals surface area contributed by atoms with Crippen molar-refractivity contribution >= 4 is 34.8 Å². The Bertz CT molecular complexity index is 584. The maximum Gasteiger partial charge on any atom is 0.275 e. The molecule has 0 saturated heterocycles. The second-order valence-corrected chi connectivity index (χ2v) is 4.46. The van der Waals surface area contributed by atoms with Gasteiger partial charge in [-0.3, -0.25) is 4.79 Å². The van der Waals surface area contributed by atoms with E-state index in [2.05, 4.69) is 15.3 Å². The second kappa shape index (κ2) is 5.33. The van der Waals surface area contributed by atoms with Gasteiger partial charge in [-0.05, 0) is 24.6 Å². The van der Waals surface area contributed by atoms with Gasteiger partial charge in [-0.15, -0.1) is 0 Å². The summed E-state index contributed by atoms with van der Waals surface area (Å²) < 4.78 is 0. The van der Waals surface area contributed by atoms with Crippen molar-refractivity contribution in [3.05, 3.63) is 52.0 Å². The Morgan fingerprint density at radius 2 is 2.00 bits per heavy atom. The molecule has 0 saturated carbocycles. The first kappa shape index (κ1) is 12.8. The number of anilines is 1. The highest BCUT2D eigenvalue weighted by Crippen LogP contribution is 2.23. The molecule has 1 aromatic carbocycles. The van der Waals surface area contributed by atoms with E-state index in [1.54, 1.807) is 12.1 Å². The number of amides is 1. The minimum absolute atomic E-state index is 0.178. The predicted molar refractivity (Wildman–Crippen MR) is 71.2 cm³/mol. The normalized spacial score (nSPS) is 10.2. The van der Waals surface area contributed by atoms with Gasteiger partial charge in [-0.25, -0.2) is 9.97 Å². The zero-order valence-electron chi connectivity index (χ0n) is 9.45. The Balaban J connectivity index is 2.21. The largest absolute Gasteiger partial charge is 0.319 e. The van der Waals surface area contributed by atoms with Crippen LogP contribution in [-0.4, -0.2) is 15.9 Å². The Morgan fingerprint density at radius 3 is 2.67 bits per heavy atom. The molecule has 0 fully saturated rings. The summed E-state index contributed by atoms with van der Waals surface area (Å²) in [5.41, 5.74) is 1.72. The van der Waals surface area contributed by atoms with Crippen molar-refractivity contribution in [2.75, 3.05) is 5.32 Å². The zero-order chi connectivity index (χ0) is 13.1. The molecule has 0 aliphatic heterocycles. The van der Waals surface area contributed by atoms with Crippen LogP contribution in [0.4, 0.5) is 5.69 Å². The van der Waals surface area contributed by atoms with Crippen LogP contribution in [0.25, 0.3) is 0 Å². The molecule has 0 aliphatic carbocycles. The molecule has 1 N–H and O–H groups in total. The highest BCUT2D eigenvalue weighted by molar-refractivity contribution is 6.34. The van der Waals surface area contributed by atoms with Crippen LogP contribution in [0.15, 0.2) is 30.6 Å². The van der Waals surface area contributed by atoms with Crippen molar-refractivity contribution in [1.29, 1.82) is 0 Å². The van der Waals surface area contributed by atoms with E-state index in [0.29, 0.717) is 10.7 Å². The minimum Gasteiger partial charge on any atom is -0.319 e. The van der Waals surface area contributed by atoms with Gasteiger partial charge in [-0.2, -0.15) is 0 Å². The molecule has 4 nitrogen and oxygen atoms in total. The maximum absolute atomic E-state index is 11.9. The third-order valence-electron chi connectivity index (χ3n) is 2.22. The number of rotatable bonds is 2. The first-order valence-corrected chi connectivity index (χ1v) is 5.87. The van der Waals surface area contributed by atoms with Gasteiger partial charge in [0.2, 0.25) is 0 Å². The van der Waals surface area contributed by atoms with Crippen molar-refractivity contribution in [3.8, 4) is 0 Å². The van der Waals surface area contributed by atoms with Gasteiger partial charge in [0.1, 0.15) is 10.8 Å². The lowest BCUT2D eigenvalue weighted by Gasteiger charge is -2.07. The smallest absolute Gasteiger partial charge is 0.275 e. The van der Waals surface area contributed by atoms with Gasteiger partial charge in [-0.1, -0.05) is 29.3 Å². The average molecular weight is 282 g/mol. The average Bonchev–Trinajstić information content (AvgIpc) is 2.34. The summed E-state index contributed by atoms with van der Waals surface area (Å²) in [5.74, 6) is -0.383. The number of halogens is 2. The number of nitrogens with one attached hydrogen (secondary N) is 1. The Kier molecular flexibility index (Phi) is 3.79. The van der Waals surface area contributed by atoms with Crippen LogP contribution >= 0.6 is 23.2 Å². The van der Waals surface area contributed by atoms with Crippen molar-refractivity contribution in [1.82, 2.24) is 9.97 Å². The Morgan fingerprint density at radius 1 is 1.22 bits per heavy atom. The molecular weight excluding hydrogens is 273 g/mol. The fraction of sp³-hybridized carbons (Fsp3) is 0.0833. The lowest BCUT2D eigenvalue weighted by molar-refractivity contribution is 0.102. The van der Waals surface area contributed by atoms with Crippen LogP contribution in [0, 0.1) is 6.92 Å². The monoisotopic (exact) mass is 281 g/mol. The van der Waals surface area contributed by atoms with E-state index in [4.69, 9.17) is 23.2 Å². The molecule has 1 heterocycles. The van der Waals surface area contributed by atoms with Crippen molar-refractivity contribution < 1.29 is 4.79 Å². The standard InChI is InChI=1S/C12H9Cl2N3O/c1-7-2-3-8(13)9(4-7)17-12(18)10-5-16-11(14)6-15-10/h2-6H,1H3,(H,17,18). The molecule has 2 aromatic rings. The molecule has 0 bridgehead atoms. The van der Waals surface area contributed by atoms with Gasteiger partial charge < -0.3 is 5.32 Å². The first-order valence-electron chi connectivity index (χ1n) is 5.11. The van der Waals surface area contributed by atoms with E-state index in [9.17, 15) is 4.79 Å². The quantitative estimate of drug-likeness (QED) is 0.919. The maximum atomic E-state index is 11.9. The SMILES string of the molecule is Cc1ccc(Cl)c(NC(=O)c2cnc(Cl)cn2)c1. The van der Waals surface area contributed by atoms with Gasteiger partial charge in [0.25, 0.3) is 5.91 Å². The molecular formula is C12H9Cl2N3O. The third kappa shape index (κ3) is 2.97. The number of aryl methyl sites for hydroxylation is 1. The summed E-state index contributed by atoms with van der Waals surface area (Å²) in [6.45, 7) is 1.91. The fourth-order valence-corrected chi connectivity index (χ4v) is 1.61. The molecule has 0 aliphatic rings.